The van der Waals surface area contributed by atoms with Gasteiger partial charge in [0.1, 0.15) is 10.1 Å². The fraction of sp³-hybridized carbons (Fsp3) is 0. The monoisotopic (exact) mass is 268 g/mol. The number of nitrogens with one attached hydrogen (secondary N) is 1. The number of nitrogens with zero attached hydrogens (tertiary/aromatic N) is 3. The number of anilines is 1. The predicted octanol–water partition coefficient (Wildman–Crippen LogP) is 1.88. The molecule has 0 aliphatic carbocycles. The van der Waals surface area contributed by atoms with E-state index in [9.17, 15) is 14.9 Å². The SMILES string of the molecule is O=C(Nc1cncc(Cl)n1)c1ccc([N+](=O)[O-])o1. The molecule has 0 saturated carbocycles. The van der Waals surface area contributed by atoms with Crippen molar-refractivity contribution < 1.29 is 14.1 Å². The highest BCUT2D eigenvalue weighted by Crippen LogP contribution is 2.16. The van der Waals surface area contributed by atoms with Crippen LogP contribution in [0, 0.1) is 10.1 Å². The highest BCUT2D eigenvalue weighted by atomic mass is 35.5. The van der Waals surface area contributed by atoms with Crippen LogP contribution in [0.3, 0.4) is 0 Å². The molecule has 2 aromatic heterocycles. The molecule has 2 heterocycles. The van der Waals surface area contributed by atoms with Crippen LogP contribution in [0.25, 0.3) is 0 Å². The number of carbonyl (C=O) groups excluding carboxylic acids is 1. The number of carbonyl (C=O) groups is 1. The molecule has 1 N–H and O–H groups in total. The fourth-order valence-corrected chi connectivity index (χ4v) is 1.28. The zero-order chi connectivity index (χ0) is 13.1. The molecule has 92 valence electrons. The van der Waals surface area contributed by atoms with E-state index >= 15 is 0 Å². The van der Waals surface area contributed by atoms with Gasteiger partial charge in [0.05, 0.1) is 18.5 Å². The molecule has 9 heteroatoms. The zero-order valence-corrected chi connectivity index (χ0v) is 9.42. The molecule has 2 aromatic rings. The van der Waals surface area contributed by atoms with Crippen LogP contribution in [0.2, 0.25) is 5.15 Å². The lowest BCUT2D eigenvalue weighted by Gasteiger charge is -2.00. The van der Waals surface area contributed by atoms with E-state index in [4.69, 9.17) is 16.0 Å². The van der Waals surface area contributed by atoms with E-state index in [1.165, 1.54) is 18.5 Å². The van der Waals surface area contributed by atoms with Crippen molar-refractivity contribution in [2.45, 2.75) is 0 Å². The first-order valence-corrected chi connectivity index (χ1v) is 4.97. The molecule has 0 fully saturated rings. The van der Waals surface area contributed by atoms with Crippen LogP contribution in [0.1, 0.15) is 10.6 Å². The van der Waals surface area contributed by atoms with E-state index in [1.54, 1.807) is 0 Å². The van der Waals surface area contributed by atoms with Crippen LogP contribution in [0.5, 0.6) is 0 Å². The minimum atomic E-state index is -0.740. The zero-order valence-electron chi connectivity index (χ0n) is 8.66. The first-order chi connectivity index (χ1) is 8.56. The normalized spacial score (nSPS) is 10.1. The van der Waals surface area contributed by atoms with Gasteiger partial charge in [0.15, 0.2) is 11.6 Å². The summed E-state index contributed by atoms with van der Waals surface area (Å²) >= 11 is 5.58. The smallest absolute Gasteiger partial charge is 0.395 e. The lowest BCUT2D eigenvalue weighted by Crippen LogP contribution is -2.12. The van der Waals surface area contributed by atoms with Crippen LogP contribution in [-0.4, -0.2) is 20.8 Å². The molecule has 0 unspecified atom stereocenters. The lowest BCUT2D eigenvalue weighted by atomic mass is 10.4. The van der Waals surface area contributed by atoms with E-state index in [1.807, 2.05) is 0 Å². The van der Waals surface area contributed by atoms with Gasteiger partial charge >= 0.3 is 5.88 Å². The Morgan fingerprint density at radius 1 is 1.44 bits per heavy atom. The highest BCUT2D eigenvalue weighted by Gasteiger charge is 2.17. The van der Waals surface area contributed by atoms with E-state index in [2.05, 4.69) is 15.3 Å². The summed E-state index contributed by atoms with van der Waals surface area (Å²) in [6, 6.07) is 2.27. The Labute approximate surface area is 105 Å². The summed E-state index contributed by atoms with van der Waals surface area (Å²) in [6.07, 6.45) is 2.58. The van der Waals surface area contributed by atoms with Crippen molar-refractivity contribution in [3.05, 3.63) is 45.6 Å². The fourth-order valence-electron chi connectivity index (χ4n) is 1.13. The highest BCUT2D eigenvalue weighted by molar-refractivity contribution is 6.29. The van der Waals surface area contributed by atoms with Crippen molar-refractivity contribution in [1.82, 2.24) is 9.97 Å². The van der Waals surface area contributed by atoms with Crippen LogP contribution in [0.4, 0.5) is 11.7 Å². The van der Waals surface area contributed by atoms with Gasteiger partial charge in [-0.15, -0.1) is 0 Å². The number of nitro groups is 1. The van der Waals surface area contributed by atoms with Crippen molar-refractivity contribution in [1.29, 1.82) is 0 Å². The Balaban J connectivity index is 2.14. The summed E-state index contributed by atoms with van der Waals surface area (Å²) in [4.78, 5) is 28.8. The summed E-state index contributed by atoms with van der Waals surface area (Å²) in [6.45, 7) is 0. The van der Waals surface area contributed by atoms with Crippen molar-refractivity contribution in [2.24, 2.45) is 0 Å². The van der Waals surface area contributed by atoms with Crippen molar-refractivity contribution in [3.8, 4) is 0 Å². The van der Waals surface area contributed by atoms with Gasteiger partial charge in [0.25, 0.3) is 5.91 Å². The molecule has 0 aliphatic heterocycles. The second-order valence-electron chi connectivity index (χ2n) is 3.08. The quantitative estimate of drug-likeness (QED) is 0.672. The third kappa shape index (κ3) is 2.61. The Bertz CT molecular complexity index is 612. The molecule has 0 saturated heterocycles. The van der Waals surface area contributed by atoms with Gasteiger partial charge < -0.3 is 9.73 Å². The molecule has 0 bridgehead atoms. The van der Waals surface area contributed by atoms with Crippen LogP contribution >= 0.6 is 11.6 Å². The van der Waals surface area contributed by atoms with Gasteiger partial charge in [-0.05, 0) is 6.07 Å². The predicted molar refractivity (Wildman–Crippen MR) is 60.4 cm³/mol. The molecule has 18 heavy (non-hydrogen) atoms. The maximum absolute atomic E-state index is 11.6. The number of hydrogen-bond acceptors (Lipinski definition) is 6. The summed E-state index contributed by atoms with van der Waals surface area (Å²) in [5, 5.41) is 12.8. The Morgan fingerprint density at radius 2 is 2.22 bits per heavy atom. The molecule has 0 radical (unpaired) electrons. The Morgan fingerprint density at radius 3 is 2.83 bits per heavy atom. The first kappa shape index (κ1) is 12.0. The molecule has 0 spiro atoms. The number of halogens is 1. The summed E-state index contributed by atoms with van der Waals surface area (Å²) < 4.78 is 4.72. The topological polar surface area (TPSA) is 111 Å². The average molecular weight is 269 g/mol. The largest absolute Gasteiger partial charge is 0.433 e. The van der Waals surface area contributed by atoms with Gasteiger partial charge in [-0.1, -0.05) is 11.6 Å². The van der Waals surface area contributed by atoms with Gasteiger partial charge in [0, 0.05) is 0 Å². The summed E-state index contributed by atoms with van der Waals surface area (Å²) in [7, 11) is 0. The number of amides is 1. The van der Waals surface area contributed by atoms with Gasteiger partial charge in [-0.3, -0.25) is 19.9 Å². The maximum atomic E-state index is 11.6. The van der Waals surface area contributed by atoms with Gasteiger partial charge in [-0.2, -0.15) is 0 Å². The van der Waals surface area contributed by atoms with E-state index in [0.29, 0.717) is 0 Å². The van der Waals surface area contributed by atoms with Gasteiger partial charge in [-0.25, -0.2) is 4.98 Å². The molecular weight excluding hydrogens is 264 g/mol. The van der Waals surface area contributed by atoms with Crippen molar-refractivity contribution in [2.75, 3.05) is 5.32 Å². The average Bonchev–Trinajstić information content (AvgIpc) is 2.78. The third-order valence-electron chi connectivity index (χ3n) is 1.84. The number of rotatable bonds is 3. The lowest BCUT2D eigenvalue weighted by molar-refractivity contribution is -0.402. The van der Waals surface area contributed by atoms with Crippen LogP contribution in [0.15, 0.2) is 28.9 Å². The number of hydrogen-bond donors (Lipinski definition) is 1. The molecule has 8 nitrogen and oxygen atoms in total. The molecular formula is C9H5ClN4O4. The Kier molecular flexibility index (Phi) is 3.20. The molecule has 2 rings (SSSR count). The Hall–Kier alpha value is -2.48. The molecule has 1 amide bonds. The van der Waals surface area contributed by atoms with Crippen LogP contribution in [-0.2, 0) is 0 Å². The van der Waals surface area contributed by atoms with Crippen LogP contribution < -0.4 is 5.32 Å². The number of aromatic nitrogens is 2. The maximum Gasteiger partial charge on any atom is 0.433 e. The minimum absolute atomic E-state index is 0.109. The van der Waals surface area contributed by atoms with E-state index < -0.39 is 16.7 Å². The third-order valence-corrected chi connectivity index (χ3v) is 2.02. The van der Waals surface area contributed by atoms with Crippen molar-refractivity contribution in [3.63, 3.8) is 0 Å². The standard InChI is InChI=1S/C9H5ClN4O4/c10-6-3-11-4-7(12-6)13-9(15)5-1-2-8(18-5)14(16)17/h1-4H,(H,12,13,15). The number of furan rings is 1. The van der Waals surface area contributed by atoms with E-state index in [-0.39, 0.29) is 16.7 Å². The summed E-state index contributed by atoms with van der Waals surface area (Å²) in [5.74, 6) is -1.29. The second kappa shape index (κ2) is 4.80. The minimum Gasteiger partial charge on any atom is -0.395 e. The van der Waals surface area contributed by atoms with E-state index in [0.717, 1.165) is 6.07 Å². The first-order valence-electron chi connectivity index (χ1n) is 4.59. The van der Waals surface area contributed by atoms with Crippen molar-refractivity contribution >= 4 is 29.2 Å². The van der Waals surface area contributed by atoms with Gasteiger partial charge in [0.2, 0.25) is 0 Å². The molecule has 0 atom stereocenters. The molecule has 0 aromatic carbocycles. The molecule has 0 aliphatic rings. The second-order valence-corrected chi connectivity index (χ2v) is 3.46. The summed E-state index contributed by atoms with van der Waals surface area (Å²) in [5.41, 5.74) is 0.